The Morgan fingerprint density at radius 3 is 2.70 bits per heavy atom. The standard InChI is InChI=1S/C17H17BrFN/c1-11(20-17-8-7-15(19)10-16(17)18)13-6-5-12-3-2-4-14(12)9-13/h5-11,20H,2-4H2,1H3. The number of rotatable bonds is 3. The molecule has 0 aliphatic heterocycles. The molecule has 20 heavy (non-hydrogen) atoms. The smallest absolute Gasteiger partial charge is 0.124 e. The molecule has 0 aromatic heterocycles. The van der Waals surface area contributed by atoms with E-state index in [0.29, 0.717) is 0 Å². The molecule has 0 saturated heterocycles. The van der Waals surface area contributed by atoms with Gasteiger partial charge in [-0.1, -0.05) is 18.2 Å². The molecular formula is C17H17BrFN. The van der Waals surface area contributed by atoms with Crippen molar-refractivity contribution in [2.75, 3.05) is 5.32 Å². The van der Waals surface area contributed by atoms with Crippen LogP contribution in [-0.2, 0) is 12.8 Å². The second-order valence-electron chi connectivity index (χ2n) is 5.37. The molecule has 1 nitrogen and oxygen atoms in total. The number of nitrogens with one attached hydrogen (secondary N) is 1. The van der Waals surface area contributed by atoms with Crippen LogP contribution in [0, 0.1) is 5.82 Å². The van der Waals surface area contributed by atoms with Gasteiger partial charge >= 0.3 is 0 Å². The minimum atomic E-state index is -0.229. The minimum absolute atomic E-state index is 0.197. The fraction of sp³-hybridized carbons (Fsp3) is 0.294. The van der Waals surface area contributed by atoms with Crippen molar-refractivity contribution < 1.29 is 4.39 Å². The van der Waals surface area contributed by atoms with Crippen LogP contribution in [0.2, 0.25) is 0 Å². The summed E-state index contributed by atoms with van der Waals surface area (Å²) < 4.78 is 13.9. The van der Waals surface area contributed by atoms with E-state index in [0.717, 1.165) is 10.2 Å². The fourth-order valence-corrected chi connectivity index (χ4v) is 3.25. The molecule has 0 amide bonds. The Bertz CT molecular complexity index is 639. The molecule has 1 unspecified atom stereocenters. The van der Waals surface area contributed by atoms with Gasteiger partial charge in [0.1, 0.15) is 5.82 Å². The summed E-state index contributed by atoms with van der Waals surface area (Å²) in [6.45, 7) is 2.13. The third-order valence-corrected chi connectivity index (χ3v) is 4.58. The Balaban J connectivity index is 1.80. The van der Waals surface area contributed by atoms with E-state index in [1.807, 2.05) is 0 Å². The molecule has 104 valence electrons. The highest BCUT2D eigenvalue weighted by Crippen LogP contribution is 2.29. The summed E-state index contributed by atoms with van der Waals surface area (Å²) in [7, 11) is 0. The largest absolute Gasteiger partial charge is 0.378 e. The molecule has 1 aliphatic carbocycles. The number of anilines is 1. The summed E-state index contributed by atoms with van der Waals surface area (Å²) in [5.74, 6) is -0.229. The zero-order valence-electron chi connectivity index (χ0n) is 11.4. The number of hydrogen-bond donors (Lipinski definition) is 1. The first-order valence-corrected chi connectivity index (χ1v) is 7.76. The number of hydrogen-bond acceptors (Lipinski definition) is 1. The van der Waals surface area contributed by atoms with Crippen molar-refractivity contribution in [3.05, 3.63) is 63.4 Å². The average Bonchev–Trinajstić information content (AvgIpc) is 2.89. The zero-order chi connectivity index (χ0) is 14.1. The predicted octanol–water partition coefficient (Wildman–Crippen LogP) is 5.25. The number of aryl methyl sites for hydroxylation is 2. The van der Waals surface area contributed by atoms with E-state index in [9.17, 15) is 4.39 Å². The Morgan fingerprint density at radius 1 is 1.10 bits per heavy atom. The first kappa shape index (κ1) is 13.6. The molecule has 0 saturated carbocycles. The van der Waals surface area contributed by atoms with Gasteiger partial charge in [-0.25, -0.2) is 4.39 Å². The van der Waals surface area contributed by atoms with Gasteiger partial charge in [-0.15, -0.1) is 0 Å². The van der Waals surface area contributed by atoms with Crippen LogP contribution >= 0.6 is 15.9 Å². The van der Waals surface area contributed by atoms with E-state index < -0.39 is 0 Å². The molecule has 1 aliphatic rings. The van der Waals surface area contributed by atoms with Gasteiger partial charge in [0.2, 0.25) is 0 Å². The lowest BCUT2D eigenvalue weighted by Crippen LogP contribution is -2.07. The SMILES string of the molecule is CC(Nc1ccc(F)cc1Br)c1ccc2c(c1)CCC2. The van der Waals surface area contributed by atoms with Gasteiger partial charge in [0.05, 0.1) is 0 Å². The Morgan fingerprint density at radius 2 is 1.90 bits per heavy atom. The van der Waals surface area contributed by atoms with E-state index in [1.54, 1.807) is 6.07 Å². The average molecular weight is 334 g/mol. The van der Waals surface area contributed by atoms with Crippen LogP contribution in [0.25, 0.3) is 0 Å². The van der Waals surface area contributed by atoms with Crippen molar-refractivity contribution >= 4 is 21.6 Å². The Labute approximate surface area is 127 Å². The van der Waals surface area contributed by atoms with Gasteiger partial charge in [-0.05, 0) is 77.0 Å². The Hall–Kier alpha value is -1.35. The minimum Gasteiger partial charge on any atom is -0.378 e. The van der Waals surface area contributed by atoms with E-state index >= 15 is 0 Å². The normalized spacial score (nSPS) is 14.9. The third-order valence-electron chi connectivity index (χ3n) is 3.93. The van der Waals surface area contributed by atoms with Crippen molar-refractivity contribution in [2.45, 2.75) is 32.2 Å². The molecule has 3 rings (SSSR count). The molecule has 3 heteroatoms. The maximum absolute atomic E-state index is 13.1. The van der Waals surface area contributed by atoms with E-state index in [1.165, 1.54) is 48.1 Å². The van der Waals surface area contributed by atoms with Crippen molar-refractivity contribution in [3.8, 4) is 0 Å². The summed E-state index contributed by atoms with van der Waals surface area (Å²) in [6.07, 6.45) is 3.67. The Kier molecular flexibility index (Phi) is 3.79. The summed E-state index contributed by atoms with van der Waals surface area (Å²) in [5, 5.41) is 3.43. The second kappa shape index (κ2) is 5.57. The molecule has 0 spiro atoms. The number of halogens is 2. The topological polar surface area (TPSA) is 12.0 Å². The molecular weight excluding hydrogens is 317 g/mol. The summed E-state index contributed by atoms with van der Waals surface area (Å²) >= 11 is 3.40. The van der Waals surface area contributed by atoms with Crippen molar-refractivity contribution in [3.63, 3.8) is 0 Å². The monoisotopic (exact) mass is 333 g/mol. The van der Waals surface area contributed by atoms with Crippen LogP contribution < -0.4 is 5.32 Å². The second-order valence-corrected chi connectivity index (χ2v) is 6.23. The van der Waals surface area contributed by atoms with Gasteiger partial charge in [0.25, 0.3) is 0 Å². The van der Waals surface area contributed by atoms with Gasteiger partial charge < -0.3 is 5.32 Å². The zero-order valence-corrected chi connectivity index (χ0v) is 13.0. The quantitative estimate of drug-likeness (QED) is 0.808. The lowest BCUT2D eigenvalue weighted by molar-refractivity contribution is 0.627. The third kappa shape index (κ3) is 2.73. The molecule has 1 N–H and O–H groups in total. The lowest BCUT2D eigenvalue weighted by Gasteiger charge is -2.18. The van der Waals surface area contributed by atoms with Crippen LogP contribution in [0.1, 0.15) is 36.1 Å². The van der Waals surface area contributed by atoms with Crippen LogP contribution in [0.4, 0.5) is 10.1 Å². The highest BCUT2D eigenvalue weighted by molar-refractivity contribution is 9.10. The van der Waals surface area contributed by atoms with Crippen LogP contribution in [0.3, 0.4) is 0 Å². The predicted molar refractivity (Wildman–Crippen MR) is 84.6 cm³/mol. The van der Waals surface area contributed by atoms with Crippen molar-refractivity contribution in [2.24, 2.45) is 0 Å². The summed E-state index contributed by atoms with van der Waals surface area (Å²) in [4.78, 5) is 0. The lowest BCUT2D eigenvalue weighted by atomic mass is 10.0. The van der Waals surface area contributed by atoms with E-state index in [2.05, 4.69) is 46.4 Å². The van der Waals surface area contributed by atoms with Gasteiger partial charge in [0.15, 0.2) is 0 Å². The first-order chi connectivity index (χ1) is 9.63. The number of fused-ring (bicyclic) bond motifs is 1. The number of benzene rings is 2. The molecule has 0 radical (unpaired) electrons. The van der Waals surface area contributed by atoms with Crippen LogP contribution in [0.5, 0.6) is 0 Å². The maximum Gasteiger partial charge on any atom is 0.124 e. The summed E-state index contributed by atoms with van der Waals surface area (Å²) in [5.41, 5.74) is 5.17. The highest BCUT2D eigenvalue weighted by atomic mass is 79.9. The van der Waals surface area contributed by atoms with Gasteiger partial charge in [0, 0.05) is 16.2 Å². The van der Waals surface area contributed by atoms with Crippen LogP contribution in [-0.4, -0.2) is 0 Å². The maximum atomic E-state index is 13.1. The van der Waals surface area contributed by atoms with Gasteiger partial charge in [-0.2, -0.15) is 0 Å². The first-order valence-electron chi connectivity index (χ1n) is 6.97. The van der Waals surface area contributed by atoms with Crippen molar-refractivity contribution in [1.82, 2.24) is 0 Å². The molecule has 0 fully saturated rings. The van der Waals surface area contributed by atoms with Crippen LogP contribution in [0.15, 0.2) is 40.9 Å². The molecule has 1 atom stereocenters. The highest BCUT2D eigenvalue weighted by Gasteiger charge is 2.14. The van der Waals surface area contributed by atoms with Gasteiger partial charge in [-0.3, -0.25) is 0 Å². The fourth-order valence-electron chi connectivity index (χ4n) is 2.78. The molecule has 0 heterocycles. The van der Waals surface area contributed by atoms with E-state index in [4.69, 9.17) is 0 Å². The molecule has 2 aromatic carbocycles. The van der Waals surface area contributed by atoms with E-state index in [-0.39, 0.29) is 11.9 Å². The molecule has 0 bridgehead atoms. The summed E-state index contributed by atoms with van der Waals surface area (Å²) in [6, 6.07) is 11.7. The molecule has 2 aromatic rings. The van der Waals surface area contributed by atoms with Crippen molar-refractivity contribution in [1.29, 1.82) is 0 Å².